The molecule has 116 valence electrons. The van der Waals surface area contributed by atoms with E-state index in [1.807, 2.05) is 24.9 Å². The van der Waals surface area contributed by atoms with Gasteiger partial charge in [0.2, 0.25) is 0 Å². The first-order valence-corrected chi connectivity index (χ1v) is 8.99. The van der Waals surface area contributed by atoms with Gasteiger partial charge in [-0.1, -0.05) is 6.08 Å². The molecule has 0 aromatic rings. The van der Waals surface area contributed by atoms with Crippen LogP contribution in [0.5, 0.6) is 0 Å². The predicted octanol–water partition coefficient (Wildman–Crippen LogP) is 1.94. The molecule has 0 atom stereocenters. The third kappa shape index (κ3) is 7.20. The van der Waals surface area contributed by atoms with Gasteiger partial charge in [-0.25, -0.2) is 0 Å². The van der Waals surface area contributed by atoms with Crippen LogP contribution in [0.3, 0.4) is 0 Å². The van der Waals surface area contributed by atoms with Gasteiger partial charge in [0.25, 0.3) is 0 Å². The number of aliphatic imine (C=N–C) groups is 1. The molecular formula is C15H30N4S. The average Bonchev–Trinajstić information content (AvgIpc) is 2.48. The van der Waals surface area contributed by atoms with Crippen molar-refractivity contribution in [3.8, 4) is 0 Å². The molecule has 1 aliphatic rings. The number of thioether (sulfide) groups is 1. The molecule has 20 heavy (non-hydrogen) atoms. The minimum atomic E-state index is 0.550. The van der Waals surface area contributed by atoms with E-state index in [-0.39, 0.29) is 0 Å². The topological polar surface area (TPSA) is 39.7 Å². The van der Waals surface area contributed by atoms with E-state index < -0.39 is 0 Å². The van der Waals surface area contributed by atoms with Crippen molar-refractivity contribution >= 4 is 17.7 Å². The van der Waals surface area contributed by atoms with E-state index in [1.54, 1.807) is 0 Å². The summed E-state index contributed by atoms with van der Waals surface area (Å²) in [7, 11) is 1.85. The zero-order valence-corrected chi connectivity index (χ0v) is 13.8. The van der Waals surface area contributed by atoms with Gasteiger partial charge in [0.1, 0.15) is 0 Å². The number of nitrogens with zero attached hydrogens (tertiary/aromatic N) is 2. The third-order valence-electron chi connectivity index (χ3n) is 3.61. The van der Waals surface area contributed by atoms with Crippen molar-refractivity contribution in [3.63, 3.8) is 0 Å². The highest BCUT2D eigenvalue weighted by Gasteiger charge is 2.18. The molecule has 2 N–H and O–H groups in total. The van der Waals surface area contributed by atoms with E-state index in [9.17, 15) is 0 Å². The highest BCUT2D eigenvalue weighted by Crippen LogP contribution is 2.09. The largest absolute Gasteiger partial charge is 0.356 e. The Labute approximate surface area is 128 Å². The Balaban J connectivity index is 2.16. The second kappa shape index (κ2) is 11.0. The van der Waals surface area contributed by atoms with Crippen LogP contribution in [0.2, 0.25) is 0 Å². The highest BCUT2D eigenvalue weighted by molar-refractivity contribution is 7.98. The summed E-state index contributed by atoms with van der Waals surface area (Å²) in [5, 5.41) is 6.95. The maximum atomic E-state index is 4.31. The molecule has 0 bridgehead atoms. The van der Waals surface area contributed by atoms with Crippen molar-refractivity contribution in [2.45, 2.75) is 31.7 Å². The number of nitrogens with one attached hydrogen (secondary N) is 2. The van der Waals surface area contributed by atoms with E-state index in [0.29, 0.717) is 6.04 Å². The molecule has 0 aliphatic carbocycles. The summed E-state index contributed by atoms with van der Waals surface area (Å²) in [4.78, 5) is 6.76. The van der Waals surface area contributed by atoms with Crippen molar-refractivity contribution in [2.24, 2.45) is 4.99 Å². The quantitative estimate of drug-likeness (QED) is 0.311. The SMILES string of the molecule is C=CCN1CCC(NC(=NC)NCCCCSC)CC1. The van der Waals surface area contributed by atoms with Crippen LogP contribution >= 0.6 is 11.8 Å². The lowest BCUT2D eigenvalue weighted by atomic mass is 10.1. The van der Waals surface area contributed by atoms with Gasteiger partial charge in [-0.15, -0.1) is 6.58 Å². The van der Waals surface area contributed by atoms with Crippen LogP contribution in [0.15, 0.2) is 17.6 Å². The monoisotopic (exact) mass is 298 g/mol. The van der Waals surface area contributed by atoms with E-state index >= 15 is 0 Å². The Hall–Kier alpha value is -0.680. The molecule has 0 aromatic carbocycles. The van der Waals surface area contributed by atoms with Crippen LogP contribution in [0.1, 0.15) is 25.7 Å². The third-order valence-corrected chi connectivity index (χ3v) is 4.30. The fourth-order valence-electron chi connectivity index (χ4n) is 2.41. The Kier molecular flexibility index (Phi) is 9.58. The fourth-order valence-corrected chi connectivity index (χ4v) is 2.90. The summed E-state index contributed by atoms with van der Waals surface area (Å²) >= 11 is 1.91. The highest BCUT2D eigenvalue weighted by atomic mass is 32.2. The number of likely N-dealkylation sites (tertiary alicyclic amines) is 1. The molecule has 4 nitrogen and oxygen atoms in total. The minimum Gasteiger partial charge on any atom is -0.356 e. The van der Waals surface area contributed by atoms with Gasteiger partial charge in [0, 0.05) is 39.3 Å². The van der Waals surface area contributed by atoms with E-state index in [4.69, 9.17) is 0 Å². The lowest BCUT2D eigenvalue weighted by Gasteiger charge is -2.32. The maximum absolute atomic E-state index is 4.31. The number of piperidine rings is 1. The van der Waals surface area contributed by atoms with E-state index in [1.165, 1.54) is 31.4 Å². The van der Waals surface area contributed by atoms with E-state index in [2.05, 4.69) is 33.4 Å². The summed E-state index contributed by atoms with van der Waals surface area (Å²) in [6, 6.07) is 0.550. The molecule has 0 saturated carbocycles. The van der Waals surface area contributed by atoms with Crippen molar-refractivity contribution in [1.82, 2.24) is 15.5 Å². The molecule has 1 heterocycles. The van der Waals surface area contributed by atoms with Gasteiger partial charge in [0.05, 0.1) is 0 Å². The lowest BCUT2D eigenvalue weighted by molar-refractivity contribution is 0.225. The molecule has 0 unspecified atom stereocenters. The summed E-state index contributed by atoms with van der Waals surface area (Å²) in [6.45, 7) is 8.12. The standard InChI is InChI=1S/C15H30N4S/c1-4-10-19-11-7-14(8-12-19)18-15(16-2)17-9-5-6-13-20-3/h4,14H,1,5-13H2,2-3H3,(H2,16,17,18). The molecule has 1 fully saturated rings. The minimum absolute atomic E-state index is 0.550. The van der Waals surface area contributed by atoms with Crippen molar-refractivity contribution in [1.29, 1.82) is 0 Å². The van der Waals surface area contributed by atoms with Crippen molar-refractivity contribution < 1.29 is 0 Å². The number of hydrogen-bond donors (Lipinski definition) is 2. The van der Waals surface area contributed by atoms with Crippen LogP contribution in [0.4, 0.5) is 0 Å². The van der Waals surface area contributed by atoms with Gasteiger partial charge in [0.15, 0.2) is 5.96 Å². The van der Waals surface area contributed by atoms with Gasteiger partial charge in [-0.05, 0) is 37.7 Å². The van der Waals surface area contributed by atoms with Crippen LogP contribution in [-0.4, -0.2) is 62.1 Å². The van der Waals surface area contributed by atoms with Gasteiger partial charge in [-0.3, -0.25) is 9.89 Å². The average molecular weight is 299 g/mol. The summed E-state index contributed by atoms with van der Waals surface area (Å²) in [5.74, 6) is 2.20. The van der Waals surface area contributed by atoms with Gasteiger partial charge < -0.3 is 10.6 Å². The lowest BCUT2D eigenvalue weighted by Crippen LogP contribution is -2.48. The number of unbranched alkanes of at least 4 members (excludes halogenated alkanes) is 1. The molecule has 0 spiro atoms. The normalized spacial score (nSPS) is 18.0. The molecule has 1 rings (SSSR count). The van der Waals surface area contributed by atoms with Crippen molar-refractivity contribution in [3.05, 3.63) is 12.7 Å². The summed E-state index contributed by atoms with van der Waals surface area (Å²) < 4.78 is 0. The number of rotatable bonds is 8. The summed E-state index contributed by atoms with van der Waals surface area (Å²) in [6.07, 6.45) is 8.99. The Bertz CT molecular complexity index is 286. The Morgan fingerprint density at radius 1 is 1.40 bits per heavy atom. The molecule has 0 radical (unpaired) electrons. The first kappa shape index (κ1) is 17.4. The maximum Gasteiger partial charge on any atom is 0.191 e. The van der Waals surface area contributed by atoms with E-state index in [0.717, 1.165) is 32.1 Å². The second-order valence-electron chi connectivity index (χ2n) is 5.21. The van der Waals surface area contributed by atoms with Crippen LogP contribution < -0.4 is 10.6 Å². The molecule has 0 aromatic heterocycles. The fraction of sp³-hybridized carbons (Fsp3) is 0.800. The van der Waals surface area contributed by atoms with Crippen LogP contribution in [0.25, 0.3) is 0 Å². The molecule has 5 heteroatoms. The zero-order chi connectivity index (χ0) is 14.6. The smallest absolute Gasteiger partial charge is 0.191 e. The molecular weight excluding hydrogens is 268 g/mol. The number of hydrogen-bond acceptors (Lipinski definition) is 3. The predicted molar refractivity (Wildman–Crippen MR) is 91.8 cm³/mol. The van der Waals surface area contributed by atoms with Crippen molar-refractivity contribution in [2.75, 3.05) is 45.2 Å². The molecule has 0 amide bonds. The molecule has 1 aliphatic heterocycles. The van der Waals surface area contributed by atoms with Gasteiger partial charge >= 0.3 is 0 Å². The zero-order valence-electron chi connectivity index (χ0n) is 13.0. The van der Waals surface area contributed by atoms with Crippen LogP contribution in [0, 0.1) is 0 Å². The molecule has 1 saturated heterocycles. The summed E-state index contributed by atoms with van der Waals surface area (Å²) in [5.41, 5.74) is 0. The Morgan fingerprint density at radius 2 is 2.15 bits per heavy atom. The number of guanidine groups is 1. The van der Waals surface area contributed by atoms with Gasteiger partial charge in [-0.2, -0.15) is 11.8 Å². The first-order valence-electron chi connectivity index (χ1n) is 7.59. The van der Waals surface area contributed by atoms with Crippen LogP contribution in [-0.2, 0) is 0 Å². The Morgan fingerprint density at radius 3 is 2.75 bits per heavy atom. The first-order chi connectivity index (χ1) is 9.80. The second-order valence-corrected chi connectivity index (χ2v) is 6.19.